The average Bonchev–Trinajstić information content (AvgIpc) is 2.95. The molecular formula is C30H27F2N3O4. The monoisotopic (exact) mass is 531 g/mol. The van der Waals surface area contributed by atoms with E-state index in [4.69, 9.17) is 4.74 Å². The van der Waals surface area contributed by atoms with Gasteiger partial charge in [-0.2, -0.15) is 0 Å². The van der Waals surface area contributed by atoms with E-state index < -0.39 is 17.3 Å². The van der Waals surface area contributed by atoms with E-state index in [2.05, 4.69) is 0 Å². The van der Waals surface area contributed by atoms with Gasteiger partial charge in [-0.15, -0.1) is 0 Å². The van der Waals surface area contributed by atoms with Crippen LogP contribution in [0.3, 0.4) is 0 Å². The Morgan fingerprint density at radius 1 is 0.846 bits per heavy atom. The van der Waals surface area contributed by atoms with E-state index in [-0.39, 0.29) is 30.4 Å². The number of rotatable bonds is 6. The molecule has 9 heteroatoms. The number of ether oxygens (including phenoxy) is 1. The van der Waals surface area contributed by atoms with Crippen LogP contribution in [0.1, 0.15) is 33.2 Å². The Balaban J connectivity index is 1.53. The molecule has 1 fully saturated rings. The number of hydrogen-bond donors (Lipinski definition) is 0. The highest BCUT2D eigenvalue weighted by molar-refractivity contribution is 6.05. The predicted octanol–water partition coefficient (Wildman–Crippen LogP) is 4.47. The van der Waals surface area contributed by atoms with Crippen LogP contribution in [-0.4, -0.2) is 54.1 Å². The van der Waals surface area contributed by atoms with Crippen molar-refractivity contribution in [2.45, 2.75) is 13.5 Å². The SMILES string of the molecule is CCOC(=O)c1c(N2CCN(C(=O)c3ccc(F)cc3)CC2)c2ccccc2n(Cc2ccc(F)cc2)c1=O. The van der Waals surface area contributed by atoms with Gasteiger partial charge in [-0.1, -0.05) is 30.3 Å². The van der Waals surface area contributed by atoms with Crippen LogP contribution in [0.2, 0.25) is 0 Å². The van der Waals surface area contributed by atoms with E-state index in [0.29, 0.717) is 53.9 Å². The number of nitrogens with zero attached hydrogens (tertiary/aromatic N) is 3. The Morgan fingerprint density at radius 3 is 2.10 bits per heavy atom. The lowest BCUT2D eigenvalue weighted by Crippen LogP contribution is -2.49. The summed E-state index contributed by atoms with van der Waals surface area (Å²) in [6.07, 6.45) is 0. The Morgan fingerprint density at radius 2 is 1.46 bits per heavy atom. The minimum absolute atomic E-state index is 0.0732. The highest BCUT2D eigenvalue weighted by Gasteiger charge is 2.30. The van der Waals surface area contributed by atoms with Crippen LogP contribution in [0.15, 0.2) is 77.6 Å². The molecule has 0 bridgehead atoms. The van der Waals surface area contributed by atoms with E-state index in [9.17, 15) is 23.2 Å². The molecule has 1 saturated heterocycles. The van der Waals surface area contributed by atoms with Gasteiger partial charge in [0.2, 0.25) is 0 Å². The van der Waals surface area contributed by atoms with Gasteiger partial charge in [0.05, 0.1) is 24.4 Å². The summed E-state index contributed by atoms with van der Waals surface area (Å²) in [4.78, 5) is 43.6. The lowest BCUT2D eigenvalue weighted by molar-refractivity contribution is 0.0523. The van der Waals surface area contributed by atoms with Crippen molar-refractivity contribution in [3.63, 3.8) is 0 Å². The second-order valence-electron chi connectivity index (χ2n) is 9.27. The minimum Gasteiger partial charge on any atom is -0.462 e. The summed E-state index contributed by atoms with van der Waals surface area (Å²) in [5.74, 6) is -1.72. The third-order valence-electron chi connectivity index (χ3n) is 6.85. The molecule has 0 saturated carbocycles. The molecule has 1 aliphatic rings. The van der Waals surface area contributed by atoms with Crippen LogP contribution >= 0.6 is 0 Å². The van der Waals surface area contributed by atoms with Gasteiger partial charge >= 0.3 is 5.97 Å². The Bertz CT molecular complexity index is 1580. The van der Waals surface area contributed by atoms with Crippen LogP contribution in [0, 0.1) is 11.6 Å². The van der Waals surface area contributed by atoms with Gasteiger partial charge in [0.15, 0.2) is 0 Å². The number of para-hydroxylation sites is 1. The number of esters is 1. The fourth-order valence-electron chi connectivity index (χ4n) is 4.94. The molecule has 2 heterocycles. The molecule has 39 heavy (non-hydrogen) atoms. The van der Waals surface area contributed by atoms with E-state index in [1.807, 2.05) is 29.2 Å². The van der Waals surface area contributed by atoms with Crippen LogP contribution in [0.4, 0.5) is 14.5 Å². The summed E-state index contributed by atoms with van der Waals surface area (Å²) >= 11 is 0. The molecule has 7 nitrogen and oxygen atoms in total. The number of fused-ring (bicyclic) bond motifs is 1. The molecule has 5 rings (SSSR count). The van der Waals surface area contributed by atoms with Gasteiger partial charge in [-0.05, 0) is 55.0 Å². The minimum atomic E-state index is -0.721. The topological polar surface area (TPSA) is 71.8 Å². The summed E-state index contributed by atoms with van der Waals surface area (Å²) in [5.41, 5.74) is 1.62. The first-order valence-electron chi connectivity index (χ1n) is 12.7. The van der Waals surface area contributed by atoms with Gasteiger partial charge in [0.1, 0.15) is 17.2 Å². The van der Waals surface area contributed by atoms with Gasteiger partial charge in [0, 0.05) is 37.1 Å². The van der Waals surface area contributed by atoms with Crippen molar-refractivity contribution in [3.05, 3.63) is 111 Å². The molecule has 0 unspecified atom stereocenters. The van der Waals surface area contributed by atoms with Gasteiger partial charge in [-0.3, -0.25) is 9.59 Å². The maximum atomic E-state index is 13.9. The normalized spacial score (nSPS) is 13.5. The molecule has 3 aromatic carbocycles. The van der Waals surface area contributed by atoms with Crippen LogP contribution in [0.5, 0.6) is 0 Å². The van der Waals surface area contributed by atoms with Crippen molar-refractivity contribution in [1.29, 1.82) is 0 Å². The van der Waals surface area contributed by atoms with Crippen molar-refractivity contribution in [2.24, 2.45) is 0 Å². The lowest BCUT2D eigenvalue weighted by Gasteiger charge is -2.37. The summed E-state index contributed by atoms with van der Waals surface area (Å²) in [6.45, 7) is 3.39. The van der Waals surface area contributed by atoms with Crippen molar-refractivity contribution in [2.75, 3.05) is 37.7 Å². The van der Waals surface area contributed by atoms with Crippen LogP contribution in [-0.2, 0) is 11.3 Å². The molecule has 4 aromatic rings. The van der Waals surface area contributed by atoms with Gasteiger partial charge in [0.25, 0.3) is 11.5 Å². The third-order valence-corrected chi connectivity index (χ3v) is 6.85. The molecule has 0 spiro atoms. The molecule has 200 valence electrons. The molecular weight excluding hydrogens is 504 g/mol. The predicted molar refractivity (Wildman–Crippen MR) is 144 cm³/mol. The second kappa shape index (κ2) is 11.1. The number of anilines is 1. The number of halogens is 2. The number of carbonyl (C=O) groups is 2. The first kappa shape index (κ1) is 26.1. The Kier molecular flexibility index (Phi) is 7.40. The summed E-state index contributed by atoms with van der Waals surface area (Å²) < 4.78 is 33.6. The molecule has 1 aromatic heterocycles. The highest BCUT2D eigenvalue weighted by atomic mass is 19.1. The quantitative estimate of drug-likeness (QED) is 0.344. The maximum absolute atomic E-state index is 13.9. The summed E-state index contributed by atoms with van der Waals surface area (Å²) in [6, 6.07) is 18.6. The Labute approximate surface area is 223 Å². The molecule has 1 amide bonds. The fourth-order valence-corrected chi connectivity index (χ4v) is 4.94. The molecule has 0 N–H and O–H groups in total. The second-order valence-corrected chi connectivity index (χ2v) is 9.27. The smallest absolute Gasteiger partial charge is 0.345 e. The zero-order valence-electron chi connectivity index (χ0n) is 21.4. The van der Waals surface area contributed by atoms with E-state index in [1.165, 1.54) is 41.0 Å². The fraction of sp³-hybridized carbons (Fsp3) is 0.233. The molecule has 0 aliphatic carbocycles. The molecule has 0 radical (unpaired) electrons. The van der Waals surface area contributed by atoms with Gasteiger partial charge in [-0.25, -0.2) is 13.6 Å². The van der Waals surface area contributed by atoms with Crippen LogP contribution in [0.25, 0.3) is 10.9 Å². The zero-order chi connectivity index (χ0) is 27.5. The highest BCUT2D eigenvalue weighted by Crippen LogP contribution is 2.31. The first-order chi connectivity index (χ1) is 18.9. The average molecular weight is 532 g/mol. The largest absolute Gasteiger partial charge is 0.462 e. The zero-order valence-corrected chi connectivity index (χ0v) is 21.4. The number of amides is 1. The maximum Gasteiger partial charge on any atom is 0.345 e. The third kappa shape index (κ3) is 5.25. The van der Waals surface area contributed by atoms with Gasteiger partial charge < -0.3 is 19.1 Å². The number of carbonyl (C=O) groups excluding carboxylic acids is 2. The van der Waals surface area contributed by atoms with Crippen molar-refractivity contribution >= 4 is 28.5 Å². The number of aromatic nitrogens is 1. The standard InChI is InChI=1S/C30H27F2N3O4/c1-2-39-30(38)26-27(33-15-17-34(18-16-33)28(36)21-9-13-23(32)14-10-21)24-5-3-4-6-25(24)35(29(26)37)19-20-7-11-22(31)12-8-20/h3-14H,2,15-19H2,1H3. The van der Waals surface area contributed by atoms with E-state index >= 15 is 0 Å². The number of hydrogen-bond acceptors (Lipinski definition) is 5. The number of pyridine rings is 1. The van der Waals surface area contributed by atoms with Crippen molar-refractivity contribution < 1.29 is 23.1 Å². The molecule has 1 aliphatic heterocycles. The lowest BCUT2D eigenvalue weighted by atomic mass is 10.0. The Hall–Kier alpha value is -4.53. The summed E-state index contributed by atoms with van der Waals surface area (Å²) in [7, 11) is 0. The van der Waals surface area contributed by atoms with E-state index in [0.717, 1.165) is 0 Å². The first-order valence-corrected chi connectivity index (χ1v) is 12.7. The van der Waals surface area contributed by atoms with E-state index in [1.54, 1.807) is 24.0 Å². The van der Waals surface area contributed by atoms with Crippen molar-refractivity contribution in [1.82, 2.24) is 9.47 Å². The summed E-state index contributed by atoms with van der Waals surface area (Å²) in [5, 5.41) is 0.695. The van der Waals surface area contributed by atoms with Crippen molar-refractivity contribution in [3.8, 4) is 0 Å². The number of piperazine rings is 1. The molecule has 0 atom stereocenters. The number of benzene rings is 3. The van der Waals surface area contributed by atoms with Crippen LogP contribution < -0.4 is 10.5 Å².